The number of ether oxygens (including phenoxy) is 1. The lowest BCUT2D eigenvalue weighted by atomic mass is 9.86. The molecule has 23 heavy (non-hydrogen) atoms. The van der Waals surface area contributed by atoms with Gasteiger partial charge in [0.1, 0.15) is 0 Å². The van der Waals surface area contributed by atoms with Crippen molar-refractivity contribution in [1.82, 2.24) is 0 Å². The quantitative estimate of drug-likeness (QED) is 0.423. The molecule has 126 valence electrons. The van der Waals surface area contributed by atoms with Gasteiger partial charge >= 0.3 is 0 Å². The van der Waals surface area contributed by atoms with Crippen molar-refractivity contribution < 1.29 is 13.5 Å². The third kappa shape index (κ3) is 4.66. The van der Waals surface area contributed by atoms with Gasteiger partial charge in [0.15, 0.2) is 11.6 Å². The molecule has 1 nitrogen and oxygen atoms in total. The number of unbranched alkanes of at least 4 members (excludes halogenated alkanes) is 2. The van der Waals surface area contributed by atoms with E-state index in [0.29, 0.717) is 18.1 Å². The van der Waals surface area contributed by atoms with Crippen molar-refractivity contribution in [1.29, 1.82) is 0 Å². The predicted octanol–water partition coefficient (Wildman–Crippen LogP) is 6.29. The summed E-state index contributed by atoms with van der Waals surface area (Å²) >= 11 is 0. The molecule has 2 rings (SSSR count). The van der Waals surface area contributed by atoms with Gasteiger partial charge in [0.25, 0.3) is 0 Å². The Kier molecular flexibility index (Phi) is 6.82. The van der Waals surface area contributed by atoms with E-state index >= 15 is 0 Å². The summed E-state index contributed by atoms with van der Waals surface area (Å²) in [4.78, 5) is 0. The van der Waals surface area contributed by atoms with Gasteiger partial charge in [0, 0.05) is 5.56 Å². The summed E-state index contributed by atoms with van der Waals surface area (Å²) in [6.07, 6.45) is 11.9. The zero-order chi connectivity index (χ0) is 16.7. The molecule has 1 atom stereocenters. The summed E-state index contributed by atoms with van der Waals surface area (Å²) in [7, 11) is 0. The molecule has 1 aromatic carbocycles. The average Bonchev–Trinajstić information content (AvgIpc) is 2.57. The molecule has 1 unspecified atom stereocenters. The van der Waals surface area contributed by atoms with E-state index in [4.69, 9.17) is 4.74 Å². The Morgan fingerprint density at radius 1 is 1.22 bits per heavy atom. The van der Waals surface area contributed by atoms with Crippen LogP contribution in [0.3, 0.4) is 0 Å². The molecule has 0 aliphatic heterocycles. The zero-order valence-corrected chi connectivity index (χ0v) is 14.1. The van der Waals surface area contributed by atoms with Gasteiger partial charge in [0.2, 0.25) is 5.82 Å². The maximum Gasteiger partial charge on any atom is 0.201 e. The fourth-order valence-electron chi connectivity index (χ4n) is 2.97. The van der Waals surface area contributed by atoms with Gasteiger partial charge in [-0.3, -0.25) is 0 Å². The molecule has 0 aromatic heterocycles. The van der Waals surface area contributed by atoms with Crippen LogP contribution < -0.4 is 4.74 Å². The average molecular weight is 320 g/mol. The molecular formula is C20H26F2O. The van der Waals surface area contributed by atoms with Gasteiger partial charge in [-0.1, -0.05) is 38.0 Å². The second kappa shape index (κ2) is 8.85. The number of hydrogen-bond donors (Lipinski definition) is 0. The highest BCUT2D eigenvalue weighted by Gasteiger charge is 2.20. The molecule has 0 heterocycles. The van der Waals surface area contributed by atoms with Crippen molar-refractivity contribution in [2.75, 3.05) is 6.61 Å². The first-order valence-corrected chi connectivity index (χ1v) is 8.60. The molecule has 0 radical (unpaired) electrons. The molecule has 0 bridgehead atoms. The fraction of sp³-hybridized carbons (Fsp3) is 0.500. The summed E-state index contributed by atoms with van der Waals surface area (Å²) in [6.45, 7) is 4.53. The maximum absolute atomic E-state index is 14.4. The Bertz CT molecular complexity index is 575. The number of rotatable bonds is 7. The fourth-order valence-corrected chi connectivity index (χ4v) is 2.97. The van der Waals surface area contributed by atoms with Crippen LogP contribution in [0.2, 0.25) is 0 Å². The Labute approximate surface area is 138 Å². The van der Waals surface area contributed by atoms with E-state index in [1.807, 2.05) is 13.0 Å². The highest BCUT2D eigenvalue weighted by molar-refractivity contribution is 5.67. The van der Waals surface area contributed by atoms with E-state index in [1.54, 1.807) is 12.1 Å². The van der Waals surface area contributed by atoms with Crippen LogP contribution in [0.4, 0.5) is 8.78 Å². The van der Waals surface area contributed by atoms with E-state index < -0.39 is 11.6 Å². The van der Waals surface area contributed by atoms with Crippen molar-refractivity contribution in [3.05, 3.63) is 47.6 Å². The minimum atomic E-state index is -0.865. The zero-order valence-electron chi connectivity index (χ0n) is 14.1. The lowest BCUT2D eigenvalue weighted by molar-refractivity contribution is 0.286. The lowest BCUT2D eigenvalue weighted by Gasteiger charge is -2.20. The van der Waals surface area contributed by atoms with E-state index in [-0.39, 0.29) is 5.75 Å². The second-order valence-corrected chi connectivity index (χ2v) is 6.08. The molecule has 0 spiro atoms. The summed E-state index contributed by atoms with van der Waals surface area (Å²) in [6, 6.07) is 3.20. The number of hydrogen-bond acceptors (Lipinski definition) is 1. The van der Waals surface area contributed by atoms with Crippen molar-refractivity contribution in [2.24, 2.45) is 5.92 Å². The van der Waals surface area contributed by atoms with Crippen molar-refractivity contribution in [2.45, 2.75) is 52.4 Å². The van der Waals surface area contributed by atoms with Gasteiger partial charge < -0.3 is 4.74 Å². The first kappa shape index (κ1) is 17.7. The van der Waals surface area contributed by atoms with E-state index in [1.165, 1.54) is 0 Å². The molecule has 1 aliphatic carbocycles. The van der Waals surface area contributed by atoms with Crippen LogP contribution in [-0.4, -0.2) is 6.61 Å². The van der Waals surface area contributed by atoms with Gasteiger partial charge in [-0.05, 0) is 56.2 Å². The highest BCUT2D eigenvalue weighted by Crippen LogP contribution is 2.34. The summed E-state index contributed by atoms with van der Waals surface area (Å²) in [5.74, 6) is -1.12. The molecule has 0 saturated carbocycles. The summed E-state index contributed by atoms with van der Waals surface area (Å²) < 4.78 is 33.9. The SMILES string of the molecule is CC=CC1CC=C(c2ccc(OCCCCC)c(F)c2F)CC1. The number of allylic oxidation sites excluding steroid dienone is 4. The van der Waals surface area contributed by atoms with Crippen LogP contribution >= 0.6 is 0 Å². The second-order valence-electron chi connectivity index (χ2n) is 6.08. The van der Waals surface area contributed by atoms with Crippen LogP contribution in [-0.2, 0) is 0 Å². The van der Waals surface area contributed by atoms with Gasteiger partial charge in [-0.2, -0.15) is 4.39 Å². The Balaban J connectivity index is 2.08. The lowest BCUT2D eigenvalue weighted by Crippen LogP contribution is -2.06. The van der Waals surface area contributed by atoms with Crippen LogP contribution in [0.15, 0.2) is 30.4 Å². The number of benzene rings is 1. The van der Waals surface area contributed by atoms with Crippen LogP contribution in [0, 0.1) is 17.6 Å². The largest absolute Gasteiger partial charge is 0.490 e. The van der Waals surface area contributed by atoms with E-state index in [2.05, 4.69) is 19.1 Å². The van der Waals surface area contributed by atoms with Crippen molar-refractivity contribution in [3.63, 3.8) is 0 Å². The van der Waals surface area contributed by atoms with E-state index in [0.717, 1.165) is 44.1 Å². The van der Waals surface area contributed by atoms with Gasteiger partial charge in [-0.25, -0.2) is 4.39 Å². The first-order valence-electron chi connectivity index (χ1n) is 8.60. The molecular weight excluding hydrogens is 294 g/mol. The van der Waals surface area contributed by atoms with E-state index in [9.17, 15) is 8.78 Å². The molecule has 1 aromatic rings. The molecule has 3 heteroatoms. The normalized spacial score (nSPS) is 18.3. The summed E-state index contributed by atoms with van der Waals surface area (Å²) in [5.41, 5.74) is 1.28. The van der Waals surface area contributed by atoms with Crippen LogP contribution in [0.25, 0.3) is 5.57 Å². The Morgan fingerprint density at radius 3 is 2.70 bits per heavy atom. The molecule has 0 fully saturated rings. The van der Waals surface area contributed by atoms with Gasteiger partial charge in [0.05, 0.1) is 6.61 Å². The summed E-state index contributed by atoms with van der Waals surface area (Å²) in [5, 5.41) is 0. The first-order chi connectivity index (χ1) is 11.2. The number of halogens is 2. The minimum absolute atomic E-state index is 0.0190. The molecule has 0 saturated heterocycles. The Hall–Kier alpha value is -1.64. The molecule has 1 aliphatic rings. The minimum Gasteiger partial charge on any atom is -0.490 e. The predicted molar refractivity (Wildman–Crippen MR) is 91.5 cm³/mol. The van der Waals surface area contributed by atoms with Crippen LogP contribution in [0.1, 0.15) is 57.9 Å². The smallest absolute Gasteiger partial charge is 0.201 e. The Morgan fingerprint density at radius 2 is 2.04 bits per heavy atom. The topological polar surface area (TPSA) is 9.23 Å². The molecule has 0 amide bonds. The third-order valence-corrected chi connectivity index (χ3v) is 4.31. The van der Waals surface area contributed by atoms with Crippen LogP contribution in [0.5, 0.6) is 5.75 Å². The third-order valence-electron chi connectivity index (χ3n) is 4.31. The standard InChI is InChI=1S/C20H26F2O/c1-3-5-6-14-23-18-13-12-17(19(21)20(18)22)16-10-8-15(7-4-2)9-11-16/h4,7,10,12-13,15H,3,5-6,8-9,11,14H2,1-2H3. The highest BCUT2D eigenvalue weighted by atomic mass is 19.2. The van der Waals surface area contributed by atoms with Crippen molar-refractivity contribution in [3.8, 4) is 5.75 Å². The van der Waals surface area contributed by atoms with Gasteiger partial charge in [-0.15, -0.1) is 0 Å². The monoisotopic (exact) mass is 320 g/mol. The molecule has 0 N–H and O–H groups in total. The van der Waals surface area contributed by atoms with Crippen molar-refractivity contribution >= 4 is 5.57 Å². The maximum atomic E-state index is 14.4.